The SMILES string of the molecule is Cc1ccc(-n2cnnn2)c(CN)c1. The predicted octanol–water partition coefficient (Wildman–Crippen LogP) is 0.429. The lowest BCUT2D eigenvalue weighted by Gasteiger charge is -2.06. The minimum absolute atomic E-state index is 0.483. The zero-order valence-corrected chi connectivity index (χ0v) is 7.88. The highest BCUT2D eigenvalue weighted by molar-refractivity contribution is 5.42. The van der Waals surface area contributed by atoms with Gasteiger partial charge in [0.1, 0.15) is 6.33 Å². The number of aromatic nitrogens is 4. The molecule has 0 unspecified atom stereocenters. The van der Waals surface area contributed by atoms with E-state index in [1.165, 1.54) is 5.56 Å². The summed E-state index contributed by atoms with van der Waals surface area (Å²) in [5, 5.41) is 11.0. The second kappa shape index (κ2) is 3.55. The first-order valence-electron chi connectivity index (χ1n) is 4.34. The molecule has 0 aliphatic rings. The second-order valence-corrected chi connectivity index (χ2v) is 3.09. The summed E-state index contributed by atoms with van der Waals surface area (Å²) in [6, 6.07) is 6.01. The van der Waals surface area contributed by atoms with Gasteiger partial charge in [-0.05, 0) is 29.0 Å². The summed E-state index contributed by atoms with van der Waals surface area (Å²) in [5.41, 5.74) is 8.80. The van der Waals surface area contributed by atoms with Gasteiger partial charge in [-0.2, -0.15) is 0 Å². The van der Waals surface area contributed by atoms with Crippen LogP contribution in [0.25, 0.3) is 5.69 Å². The van der Waals surface area contributed by atoms with Crippen LogP contribution in [0.4, 0.5) is 0 Å². The molecule has 1 aromatic carbocycles. The largest absolute Gasteiger partial charge is 0.326 e. The third-order valence-electron chi connectivity index (χ3n) is 2.05. The molecule has 1 aromatic heterocycles. The van der Waals surface area contributed by atoms with Crippen LogP contribution in [0.15, 0.2) is 24.5 Å². The highest BCUT2D eigenvalue weighted by Gasteiger charge is 2.04. The molecular formula is C9H11N5. The van der Waals surface area contributed by atoms with Crippen LogP contribution in [0.1, 0.15) is 11.1 Å². The quantitative estimate of drug-likeness (QED) is 0.743. The van der Waals surface area contributed by atoms with E-state index >= 15 is 0 Å². The maximum absolute atomic E-state index is 5.64. The van der Waals surface area contributed by atoms with Crippen LogP contribution >= 0.6 is 0 Å². The molecule has 14 heavy (non-hydrogen) atoms. The summed E-state index contributed by atoms with van der Waals surface area (Å²) in [5.74, 6) is 0. The molecule has 2 rings (SSSR count). The van der Waals surface area contributed by atoms with Gasteiger partial charge in [-0.15, -0.1) is 5.10 Å². The molecule has 0 aliphatic heterocycles. The monoisotopic (exact) mass is 189 g/mol. The van der Waals surface area contributed by atoms with Gasteiger partial charge >= 0.3 is 0 Å². The van der Waals surface area contributed by atoms with E-state index in [0.717, 1.165) is 11.3 Å². The molecule has 1 heterocycles. The summed E-state index contributed by atoms with van der Waals surface area (Å²) in [4.78, 5) is 0. The number of benzene rings is 1. The van der Waals surface area contributed by atoms with Gasteiger partial charge in [0.15, 0.2) is 0 Å². The Morgan fingerprint density at radius 2 is 2.29 bits per heavy atom. The van der Waals surface area contributed by atoms with Gasteiger partial charge < -0.3 is 5.73 Å². The van der Waals surface area contributed by atoms with E-state index in [9.17, 15) is 0 Å². The van der Waals surface area contributed by atoms with Crippen LogP contribution in [0.3, 0.4) is 0 Å². The van der Waals surface area contributed by atoms with Gasteiger partial charge in [0.2, 0.25) is 0 Å². The van der Waals surface area contributed by atoms with Crippen LogP contribution in [-0.2, 0) is 6.54 Å². The van der Waals surface area contributed by atoms with Crippen LogP contribution in [0.5, 0.6) is 0 Å². The summed E-state index contributed by atoms with van der Waals surface area (Å²) in [7, 11) is 0. The molecule has 0 fully saturated rings. The molecule has 5 heteroatoms. The highest BCUT2D eigenvalue weighted by atomic mass is 15.5. The summed E-state index contributed by atoms with van der Waals surface area (Å²) in [6.07, 6.45) is 1.56. The molecule has 0 radical (unpaired) electrons. The van der Waals surface area contributed by atoms with Crippen molar-refractivity contribution >= 4 is 0 Å². The first-order valence-corrected chi connectivity index (χ1v) is 4.34. The third-order valence-corrected chi connectivity index (χ3v) is 2.05. The molecule has 0 saturated heterocycles. The van der Waals surface area contributed by atoms with Crippen molar-refractivity contribution in [2.45, 2.75) is 13.5 Å². The Hall–Kier alpha value is -1.75. The van der Waals surface area contributed by atoms with Crippen molar-refractivity contribution in [1.29, 1.82) is 0 Å². The summed E-state index contributed by atoms with van der Waals surface area (Å²) < 4.78 is 1.61. The Bertz CT molecular complexity index is 421. The van der Waals surface area contributed by atoms with Gasteiger partial charge in [0, 0.05) is 6.54 Å². The van der Waals surface area contributed by atoms with Gasteiger partial charge in [-0.1, -0.05) is 17.7 Å². The topological polar surface area (TPSA) is 69.6 Å². The molecule has 5 nitrogen and oxygen atoms in total. The fraction of sp³-hybridized carbons (Fsp3) is 0.222. The zero-order valence-electron chi connectivity index (χ0n) is 7.88. The van der Waals surface area contributed by atoms with Crippen molar-refractivity contribution in [2.75, 3.05) is 0 Å². The molecule has 0 saturated carbocycles. The summed E-state index contributed by atoms with van der Waals surface area (Å²) in [6.45, 7) is 2.51. The van der Waals surface area contributed by atoms with Crippen LogP contribution in [-0.4, -0.2) is 20.2 Å². The average molecular weight is 189 g/mol. The zero-order chi connectivity index (χ0) is 9.97. The minimum Gasteiger partial charge on any atom is -0.326 e. The van der Waals surface area contributed by atoms with Crippen molar-refractivity contribution < 1.29 is 0 Å². The average Bonchev–Trinajstić information content (AvgIpc) is 2.70. The highest BCUT2D eigenvalue weighted by Crippen LogP contribution is 2.14. The Labute approximate surface area is 81.5 Å². The normalized spacial score (nSPS) is 10.4. The Balaban J connectivity index is 2.53. The smallest absolute Gasteiger partial charge is 0.143 e. The van der Waals surface area contributed by atoms with Crippen molar-refractivity contribution in [1.82, 2.24) is 20.2 Å². The van der Waals surface area contributed by atoms with E-state index in [1.807, 2.05) is 25.1 Å². The molecule has 0 aliphatic carbocycles. The number of rotatable bonds is 2. The maximum atomic E-state index is 5.64. The molecular weight excluding hydrogens is 178 g/mol. The fourth-order valence-corrected chi connectivity index (χ4v) is 1.37. The van der Waals surface area contributed by atoms with E-state index in [1.54, 1.807) is 11.0 Å². The Morgan fingerprint density at radius 1 is 1.43 bits per heavy atom. The maximum Gasteiger partial charge on any atom is 0.143 e. The van der Waals surface area contributed by atoms with Gasteiger partial charge in [-0.3, -0.25) is 0 Å². The second-order valence-electron chi connectivity index (χ2n) is 3.09. The van der Waals surface area contributed by atoms with Crippen LogP contribution in [0.2, 0.25) is 0 Å². The van der Waals surface area contributed by atoms with Gasteiger partial charge in [-0.25, -0.2) is 4.68 Å². The molecule has 72 valence electrons. The van der Waals surface area contributed by atoms with Crippen molar-refractivity contribution in [3.05, 3.63) is 35.7 Å². The van der Waals surface area contributed by atoms with Gasteiger partial charge in [0.25, 0.3) is 0 Å². The van der Waals surface area contributed by atoms with E-state index in [2.05, 4.69) is 15.5 Å². The summed E-state index contributed by atoms with van der Waals surface area (Å²) >= 11 is 0. The molecule has 0 spiro atoms. The molecule has 0 atom stereocenters. The Kier molecular flexibility index (Phi) is 2.24. The van der Waals surface area contributed by atoms with Gasteiger partial charge in [0.05, 0.1) is 5.69 Å². The van der Waals surface area contributed by atoms with E-state index in [-0.39, 0.29) is 0 Å². The first-order chi connectivity index (χ1) is 6.81. The number of tetrazole rings is 1. The number of hydrogen-bond acceptors (Lipinski definition) is 4. The third kappa shape index (κ3) is 1.49. The molecule has 2 aromatic rings. The standard InChI is InChI=1S/C9H11N5/c1-7-2-3-9(8(4-7)5-10)14-6-11-12-13-14/h2-4,6H,5,10H2,1H3. The van der Waals surface area contributed by atoms with Crippen molar-refractivity contribution in [3.8, 4) is 5.69 Å². The number of hydrogen-bond donors (Lipinski definition) is 1. The Morgan fingerprint density at radius 3 is 2.93 bits per heavy atom. The lowest BCUT2D eigenvalue weighted by molar-refractivity contribution is 0.779. The minimum atomic E-state index is 0.483. The van der Waals surface area contributed by atoms with Crippen molar-refractivity contribution in [2.24, 2.45) is 5.73 Å². The molecule has 2 N–H and O–H groups in total. The van der Waals surface area contributed by atoms with E-state index in [0.29, 0.717) is 6.54 Å². The molecule has 0 amide bonds. The van der Waals surface area contributed by atoms with Crippen molar-refractivity contribution in [3.63, 3.8) is 0 Å². The number of nitrogens with two attached hydrogens (primary N) is 1. The van der Waals surface area contributed by atoms with E-state index in [4.69, 9.17) is 5.73 Å². The number of aryl methyl sites for hydroxylation is 1. The first kappa shape index (κ1) is 8.83. The van der Waals surface area contributed by atoms with Crippen LogP contribution < -0.4 is 5.73 Å². The fourth-order valence-electron chi connectivity index (χ4n) is 1.37. The molecule has 0 bridgehead atoms. The lowest BCUT2D eigenvalue weighted by atomic mass is 10.1. The lowest BCUT2D eigenvalue weighted by Crippen LogP contribution is -2.05. The van der Waals surface area contributed by atoms with E-state index < -0.39 is 0 Å². The number of nitrogens with zero attached hydrogens (tertiary/aromatic N) is 4. The van der Waals surface area contributed by atoms with Crippen LogP contribution in [0, 0.1) is 6.92 Å². The predicted molar refractivity (Wildman–Crippen MR) is 51.8 cm³/mol.